The molecule has 0 saturated carbocycles. The first-order valence-electron chi connectivity index (χ1n) is 13.6. The van der Waals surface area contributed by atoms with E-state index in [1.165, 1.54) is 16.2 Å². The number of fused-ring (bicyclic) bond motifs is 2. The zero-order chi connectivity index (χ0) is 29.0. The van der Waals surface area contributed by atoms with Crippen LogP contribution in [-0.2, 0) is 9.59 Å². The summed E-state index contributed by atoms with van der Waals surface area (Å²) in [6.07, 6.45) is 2.69. The molecule has 5 aromatic rings. The van der Waals surface area contributed by atoms with Gasteiger partial charge in [0.05, 0.1) is 34.1 Å². The summed E-state index contributed by atoms with van der Waals surface area (Å²) in [5.74, 6) is -1.23. The van der Waals surface area contributed by atoms with Crippen LogP contribution < -0.4 is 9.64 Å². The van der Waals surface area contributed by atoms with Crippen molar-refractivity contribution in [2.24, 2.45) is 0 Å². The minimum atomic E-state index is -0.924. The van der Waals surface area contributed by atoms with Crippen molar-refractivity contribution in [3.63, 3.8) is 0 Å². The van der Waals surface area contributed by atoms with E-state index in [2.05, 4.69) is 0 Å². The summed E-state index contributed by atoms with van der Waals surface area (Å²) in [7, 11) is 0. The summed E-state index contributed by atoms with van der Waals surface area (Å²) in [4.78, 5) is 38.5. The van der Waals surface area contributed by atoms with Crippen molar-refractivity contribution < 1.29 is 19.4 Å². The average Bonchev–Trinajstić information content (AvgIpc) is 3.60. The van der Waals surface area contributed by atoms with Crippen LogP contribution in [0.2, 0.25) is 0 Å². The summed E-state index contributed by atoms with van der Waals surface area (Å²) >= 11 is 1.35. The lowest BCUT2D eigenvalue weighted by molar-refractivity contribution is -0.132. The maximum absolute atomic E-state index is 13.8. The number of imidazole rings is 1. The van der Waals surface area contributed by atoms with Gasteiger partial charge in [-0.2, -0.15) is 0 Å². The standard InChI is InChI=1S/C32H30N4O4S/c1-6-13-40-22-11-7-10-21(16-22)27-24(28(37)26-20(5)35-12-8-9-18(3)30(35)33-26)29(38)31(39)36(27)32-34-25-19(4)14-17(2)15-23(25)41-32/h7-12,14-16,27,37H,6,13H2,1-5H3. The molecule has 208 valence electrons. The van der Waals surface area contributed by atoms with E-state index >= 15 is 0 Å². The number of anilines is 1. The van der Waals surface area contributed by atoms with Gasteiger partial charge in [0, 0.05) is 6.20 Å². The third kappa shape index (κ3) is 4.37. The largest absolute Gasteiger partial charge is 0.505 e. The number of hydrogen-bond donors (Lipinski definition) is 1. The number of amides is 1. The number of thiazole rings is 1. The number of pyridine rings is 1. The Kier molecular flexibility index (Phi) is 6.62. The van der Waals surface area contributed by atoms with Gasteiger partial charge < -0.3 is 14.2 Å². The van der Waals surface area contributed by atoms with Crippen molar-refractivity contribution in [2.45, 2.75) is 47.1 Å². The van der Waals surface area contributed by atoms with E-state index in [1.807, 2.05) is 93.7 Å². The van der Waals surface area contributed by atoms with Crippen molar-refractivity contribution in [2.75, 3.05) is 11.5 Å². The number of nitrogens with zero attached hydrogens (tertiary/aromatic N) is 4. The van der Waals surface area contributed by atoms with Gasteiger partial charge in [-0.25, -0.2) is 9.97 Å². The number of aromatic nitrogens is 3. The van der Waals surface area contributed by atoms with Crippen molar-refractivity contribution in [1.29, 1.82) is 0 Å². The van der Waals surface area contributed by atoms with Gasteiger partial charge in [-0.05, 0) is 80.6 Å². The molecule has 9 heteroatoms. The Morgan fingerprint density at radius 1 is 1.02 bits per heavy atom. The van der Waals surface area contributed by atoms with Gasteiger partial charge in [0.25, 0.3) is 5.78 Å². The molecule has 1 N–H and O–H groups in total. The van der Waals surface area contributed by atoms with Crippen LogP contribution in [0.3, 0.4) is 0 Å². The molecule has 2 aromatic carbocycles. The lowest BCUT2D eigenvalue weighted by Gasteiger charge is -2.23. The number of Topliss-reactive ketones (excluding diaryl/α,β-unsaturated/α-hetero) is 1. The number of carbonyl (C=O) groups excluding carboxylic acids is 2. The first-order valence-corrected chi connectivity index (χ1v) is 14.4. The molecule has 1 amide bonds. The lowest BCUT2D eigenvalue weighted by Crippen LogP contribution is -2.29. The highest BCUT2D eigenvalue weighted by Crippen LogP contribution is 2.45. The van der Waals surface area contributed by atoms with Crippen molar-refractivity contribution >= 4 is 49.8 Å². The van der Waals surface area contributed by atoms with Gasteiger partial charge in [-0.3, -0.25) is 14.5 Å². The summed E-state index contributed by atoms with van der Waals surface area (Å²) in [6, 6.07) is 14.3. The Bertz CT molecular complexity index is 1900. The van der Waals surface area contributed by atoms with Gasteiger partial charge in [-0.1, -0.05) is 42.5 Å². The van der Waals surface area contributed by atoms with Crippen LogP contribution in [0, 0.1) is 27.7 Å². The molecule has 0 aliphatic carbocycles. The molecular weight excluding hydrogens is 536 g/mol. The first kappa shape index (κ1) is 26.7. The zero-order valence-corrected chi connectivity index (χ0v) is 24.4. The van der Waals surface area contributed by atoms with Crippen LogP contribution in [-0.4, -0.2) is 37.8 Å². The van der Waals surface area contributed by atoms with E-state index in [1.54, 1.807) is 0 Å². The van der Waals surface area contributed by atoms with E-state index in [9.17, 15) is 14.7 Å². The predicted molar refractivity (Wildman–Crippen MR) is 161 cm³/mol. The van der Waals surface area contributed by atoms with E-state index in [4.69, 9.17) is 14.7 Å². The third-order valence-electron chi connectivity index (χ3n) is 7.42. The molecule has 1 saturated heterocycles. The molecule has 0 bridgehead atoms. The molecule has 41 heavy (non-hydrogen) atoms. The van der Waals surface area contributed by atoms with Gasteiger partial charge in [0.2, 0.25) is 0 Å². The van der Waals surface area contributed by atoms with Crippen LogP contribution in [0.25, 0.3) is 21.6 Å². The van der Waals surface area contributed by atoms with E-state index in [0.29, 0.717) is 34.4 Å². The Hall–Kier alpha value is -4.50. The molecule has 4 heterocycles. The number of ether oxygens (including phenoxy) is 1. The van der Waals surface area contributed by atoms with Crippen LogP contribution in [0.5, 0.6) is 5.75 Å². The van der Waals surface area contributed by atoms with Gasteiger partial charge in [0.1, 0.15) is 17.1 Å². The number of hydrogen-bond acceptors (Lipinski definition) is 7. The van der Waals surface area contributed by atoms with E-state index in [-0.39, 0.29) is 17.0 Å². The zero-order valence-electron chi connectivity index (χ0n) is 23.6. The molecule has 8 nitrogen and oxygen atoms in total. The summed E-state index contributed by atoms with van der Waals surface area (Å²) in [6.45, 7) is 10.3. The SMILES string of the molecule is CCCOc1cccc(C2C(=C(O)c3nc4c(C)cccn4c3C)C(=O)C(=O)N2c2nc3c(C)cc(C)cc3s2)c1. The molecule has 1 atom stereocenters. The highest BCUT2D eigenvalue weighted by Gasteiger charge is 2.48. The number of carbonyl (C=O) groups is 2. The highest BCUT2D eigenvalue weighted by molar-refractivity contribution is 7.22. The maximum atomic E-state index is 13.8. The summed E-state index contributed by atoms with van der Waals surface area (Å²) in [5.41, 5.74) is 5.97. The second kappa shape index (κ2) is 10.2. The number of ketones is 1. The monoisotopic (exact) mass is 566 g/mol. The predicted octanol–water partition coefficient (Wildman–Crippen LogP) is 6.59. The van der Waals surface area contributed by atoms with Crippen molar-refractivity contribution in [3.05, 3.63) is 93.9 Å². The van der Waals surface area contributed by atoms with Crippen LogP contribution in [0.15, 0.2) is 60.3 Å². The fourth-order valence-electron chi connectivity index (χ4n) is 5.48. The topological polar surface area (TPSA) is 97.0 Å². The number of aryl methyl sites for hydroxylation is 4. The smallest absolute Gasteiger partial charge is 0.301 e. The minimum Gasteiger partial charge on any atom is -0.505 e. The molecule has 3 aromatic heterocycles. The molecule has 0 radical (unpaired) electrons. The second-order valence-corrected chi connectivity index (χ2v) is 11.5. The normalized spacial score (nSPS) is 16.8. The summed E-state index contributed by atoms with van der Waals surface area (Å²) in [5, 5.41) is 12.2. The second-order valence-electron chi connectivity index (χ2n) is 10.4. The van der Waals surface area contributed by atoms with Gasteiger partial charge in [-0.15, -0.1) is 0 Å². The van der Waals surface area contributed by atoms with Crippen LogP contribution >= 0.6 is 11.3 Å². The lowest BCUT2D eigenvalue weighted by atomic mass is 9.96. The Morgan fingerprint density at radius 3 is 2.59 bits per heavy atom. The fourth-order valence-corrected chi connectivity index (χ4v) is 6.64. The minimum absolute atomic E-state index is 0.0287. The third-order valence-corrected chi connectivity index (χ3v) is 8.43. The molecular formula is C32H30N4O4S. The van der Waals surface area contributed by atoms with Crippen LogP contribution in [0.1, 0.15) is 53.0 Å². The highest BCUT2D eigenvalue weighted by atomic mass is 32.1. The molecule has 1 aliphatic heterocycles. The van der Waals surface area contributed by atoms with Crippen molar-refractivity contribution in [3.8, 4) is 5.75 Å². The van der Waals surface area contributed by atoms with Crippen molar-refractivity contribution in [1.82, 2.24) is 14.4 Å². The maximum Gasteiger partial charge on any atom is 0.301 e. The Morgan fingerprint density at radius 2 is 1.83 bits per heavy atom. The van der Waals surface area contributed by atoms with E-state index < -0.39 is 17.7 Å². The molecule has 1 unspecified atom stereocenters. The molecule has 1 aliphatic rings. The number of aliphatic hydroxyl groups excluding tert-OH is 1. The fraction of sp³-hybridized carbons (Fsp3) is 0.250. The van der Waals surface area contributed by atoms with E-state index in [0.717, 1.165) is 33.3 Å². The first-order chi connectivity index (χ1) is 19.7. The Balaban J connectivity index is 1.59. The number of rotatable bonds is 6. The molecule has 1 fully saturated rings. The number of benzene rings is 2. The quantitative estimate of drug-likeness (QED) is 0.141. The Labute approximate surface area is 241 Å². The van der Waals surface area contributed by atoms with Crippen LogP contribution in [0.4, 0.5) is 5.13 Å². The average molecular weight is 567 g/mol. The number of aliphatic hydroxyl groups is 1. The molecule has 6 rings (SSSR count). The van der Waals surface area contributed by atoms with Gasteiger partial charge >= 0.3 is 5.91 Å². The van der Waals surface area contributed by atoms with Gasteiger partial charge in [0.15, 0.2) is 10.9 Å². The summed E-state index contributed by atoms with van der Waals surface area (Å²) < 4.78 is 8.67. The molecule has 0 spiro atoms.